The van der Waals surface area contributed by atoms with Gasteiger partial charge >= 0.3 is 0 Å². The van der Waals surface area contributed by atoms with E-state index in [9.17, 15) is 4.79 Å². The van der Waals surface area contributed by atoms with E-state index >= 15 is 0 Å². The predicted molar refractivity (Wildman–Crippen MR) is 79.2 cm³/mol. The van der Waals surface area contributed by atoms with Crippen LogP contribution in [0.1, 0.15) is 35.6 Å². The van der Waals surface area contributed by atoms with Crippen molar-refractivity contribution in [2.24, 2.45) is 0 Å². The van der Waals surface area contributed by atoms with E-state index in [0.717, 1.165) is 11.3 Å². The van der Waals surface area contributed by atoms with Gasteiger partial charge in [-0.2, -0.15) is 5.10 Å². The van der Waals surface area contributed by atoms with Gasteiger partial charge in [0.25, 0.3) is 5.91 Å². The molecule has 0 bridgehead atoms. The number of nitrogen functional groups attached to an aromatic ring is 1. The molecule has 0 aliphatic carbocycles. The van der Waals surface area contributed by atoms with E-state index in [1.165, 1.54) is 0 Å². The molecule has 0 saturated heterocycles. The zero-order valence-electron chi connectivity index (χ0n) is 12.1. The van der Waals surface area contributed by atoms with Gasteiger partial charge < -0.3 is 10.6 Å². The van der Waals surface area contributed by atoms with Crippen molar-refractivity contribution in [2.75, 3.05) is 5.73 Å². The fourth-order valence-corrected chi connectivity index (χ4v) is 2.01. The van der Waals surface area contributed by atoms with Crippen molar-refractivity contribution in [2.45, 2.75) is 33.4 Å². The summed E-state index contributed by atoms with van der Waals surface area (Å²) < 4.78 is 0. The summed E-state index contributed by atoms with van der Waals surface area (Å²) >= 11 is 0. The highest BCUT2D eigenvalue weighted by molar-refractivity contribution is 5.97. The van der Waals surface area contributed by atoms with E-state index < -0.39 is 0 Å². The normalized spacial score (nSPS) is 10.8. The first-order chi connectivity index (χ1) is 9.50. The minimum absolute atomic E-state index is 0.0686. The van der Waals surface area contributed by atoms with Crippen molar-refractivity contribution in [3.05, 3.63) is 47.3 Å². The van der Waals surface area contributed by atoms with E-state index in [1.54, 1.807) is 11.8 Å². The fourth-order valence-electron chi connectivity index (χ4n) is 2.01. The maximum Gasteiger partial charge on any atom is 0.277 e. The third-order valence-electron chi connectivity index (χ3n) is 3.28. The lowest BCUT2D eigenvalue weighted by Crippen LogP contribution is -2.37. The maximum atomic E-state index is 12.6. The van der Waals surface area contributed by atoms with Crippen molar-refractivity contribution in [1.82, 2.24) is 15.1 Å². The number of hydrogen-bond donors (Lipinski definition) is 2. The van der Waals surface area contributed by atoms with Gasteiger partial charge in [-0.05, 0) is 26.3 Å². The van der Waals surface area contributed by atoms with Crippen LogP contribution in [0.2, 0.25) is 0 Å². The first kappa shape index (κ1) is 14.1. The third-order valence-corrected chi connectivity index (χ3v) is 3.28. The van der Waals surface area contributed by atoms with E-state index in [2.05, 4.69) is 10.2 Å². The number of anilines is 1. The van der Waals surface area contributed by atoms with Gasteiger partial charge in [-0.15, -0.1) is 0 Å². The molecular formula is C15H20N4O. The van der Waals surface area contributed by atoms with Crippen molar-refractivity contribution in [1.29, 1.82) is 0 Å². The third kappa shape index (κ3) is 2.82. The zero-order valence-corrected chi connectivity index (χ0v) is 12.1. The molecule has 3 N–H and O–H groups in total. The van der Waals surface area contributed by atoms with Gasteiger partial charge in [0.2, 0.25) is 0 Å². The van der Waals surface area contributed by atoms with Gasteiger partial charge in [-0.1, -0.05) is 30.3 Å². The second-order valence-corrected chi connectivity index (χ2v) is 5.12. The second kappa shape index (κ2) is 5.77. The first-order valence-electron chi connectivity index (χ1n) is 6.66. The molecule has 5 heteroatoms. The lowest BCUT2D eigenvalue weighted by atomic mass is 10.1. The molecule has 1 amide bonds. The van der Waals surface area contributed by atoms with Crippen molar-refractivity contribution in [3.63, 3.8) is 0 Å². The largest absolute Gasteiger partial charge is 0.395 e. The summed E-state index contributed by atoms with van der Waals surface area (Å²) in [6.45, 7) is 6.31. The van der Waals surface area contributed by atoms with Crippen LogP contribution in [0.4, 0.5) is 5.69 Å². The van der Waals surface area contributed by atoms with Crippen LogP contribution in [-0.4, -0.2) is 27.0 Å². The standard InChI is InChI=1S/C15H20N4O/c1-10(2)19(9-12-7-5-4-6-8-12)15(20)14-13(16)11(3)17-18-14/h4-8,10H,9,16H2,1-3H3,(H,17,18). The molecule has 5 nitrogen and oxygen atoms in total. The molecule has 2 rings (SSSR count). The number of nitrogens with two attached hydrogens (primary N) is 1. The molecule has 0 fully saturated rings. The SMILES string of the molecule is Cc1[nH]nc(C(=O)N(Cc2ccccc2)C(C)C)c1N. The smallest absolute Gasteiger partial charge is 0.277 e. The van der Waals surface area contributed by atoms with E-state index in [0.29, 0.717) is 17.9 Å². The molecule has 0 aliphatic heterocycles. The number of benzene rings is 1. The Morgan fingerprint density at radius 2 is 2.00 bits per heavy atom. The Morgan fingerprint density at radius 1 is 1.35 bits per heavy atom. The number of nitrogens with zero attached hydrogens (tertiary/aromatic N) is 2. The summed E-state index contributed by atoms with van der Waals surface area (Å²) in [6.07, 6.45) is 0. The number of H-pyrrole nitrogens is 1. The maximum absolute atomic E-state index is 12.6. The summed E-state index contributed by atoms with van der Waals surface area (Å²) in [7, 11) is 0. The number of amides is 1. The Hall–Kier alpha value is -2.30. The molecule has 0 radical (unpaired) electrons. The van der Waals surface area contributed by atoms with Crippen LogP contribution in [0.3, 0.4) is 0 Å². The highest BCUT2D eigenvalue weighted by atomic mass is 16.2. The van der Waals surface area contributed by atoms with Crippen LogP contribution in [0, 0.1) is 6.92 Å². The Balaban J connectivity index is 2.25. The molecule has 1 aromatic heterocycles. The summed E-state index contributed by atoms with van der Waals surface area (Å²) in [6, 6.07) is 9.96. The van der Waals surface area contributed by atoms with Crippen LogP contribution in [0.5, 0.6) is 0 Å². The highest BCUT2D eigenvalue weighted by Gasteiger charge is 2.24. The summed E-state index contributed by atoms with van der Waals surface area (Å²) in [4.78, 5) is 14.4. The van der Waals surface area contributed by atoms with Gasteiger partial charge in [-0.3, -0.25) is 9.89 Å². The molecule has 0 aliphatic rings. The molecule has 2 aromatic rings. The van der Waals surface area contributed by atoms with Gasteiger partial charge in [0.1, 0.15) is 0 Å². The quantitative estimate of drug-likeness (QED) is 0.897. The molecular weight excluding hydrogens is 252 g/mol. The summed E-state index contributed by atoms with van der Waals surface area (Å²) in [5, 5.41) is 6.77. The van der Waals surface area contributed by atoms with Crippen LogP contribution >= 0.6 is 0 Å². The van der Waals surface area contributed by atoms with Crippen LogP contribution in [0.25, 0.3) is 0 Å². The number of carbonyl (C=O) groups is 1. The molecule has 0 spiro atoms. The average Bonchev–Trinajstić information content (AvgIpc) is 2.76. The molecule has 0 atom stereocenters. The van der Waals surface area contributed by atoms with Crippen LogP contribution < -0.4 is 5.73 Å². The van der Waals surface area contributed by atoms with Crippen LogP contribution in [-0.2, 0) is 6.54 Å². The van der Waals surface area contributed by atoms with Gasteiger partial charge in [0.05, 0.1) is 11.4 Å². The Bertz CT molecular complexity index is 589. The molecule has 0 unspecified atom stereocenters. The number of rotatable bonds is 4. The molecule has 1 aromatic carbocycles. The van der Waals surface area contributed by atoms with Crippen LogP contribution in [0.15, 0.2) is 30.3 Å². The second-order valence-electron chi connectivity index (χ2n) is 5.12. The molecule has 106 valence electrons. The van der Waals surface area contributed by atoms with Crippen molar-refractivity contribution < 1.29 is 4.79 Å². The average molecular weight is 272 g/mol. The summed E-state index contributed by atoms with van der Waals surface area (Å²) in [5.41, 5.74) is 8.42. The zero-order chi connectivity index (χ0) is 14.7. The molecule has 20 heavy (non-hydrogen) atoms. The van der Waals surface area contributed by atoms with Gasteiger partial charge in [0.15, 0.2) is 5.69 Å². The number of aromatic amines is 1. The van der Waals surface area contributed by atoms with E-state index in [1.807, 2.05) is 44.2 Å². The number of aryl methyl sites for hydroxylation is 1. The monoisotopic (exact) mass is 272 g/mol. The highest BCUT2D eigenvalue weighted by Crippen LogP contribution is 2.18. The molecule has 0 saturated carbocycles. The number of aromatic nitrogens is 2. The lowest BCUT2D eigenvalue weighted by Gasteiger charge is -2.26. The predicted octanol–water partition coefficient (Wildman–Crippen LogP) is 2.35. The van der Waals surface area contributed by atoms with E-state index in [4.69, 9.17) is 5.73 Å². The van der Waals surface area contributed by atoms with Crippen molar-refractivity contribution >= 4 is 11.6 Å². The van der Waals surface area contributed by atoms with Crippen molar-refractivity contribution in [3.8, 4) is 0 Å². The van der Waals surface area contributed by atoms with Gasteiger partial charge in [-0.25, -0.2) is 0 Å². The topological polar surface area (TPSA) is 75.0 Å². The number of carbonyl (C=O) groups excluding carboxylic acids is 1. The summed E-state index contributed by atoms with van der Waals surface area (Å²) in [5.74, 6) is -0.147. The minimum atomic E-state index is -0.147. The Labute approximate surface area is 118 Å². The fraction of sp³-hybridized carbons (Fsp3) is 0.333. The van der Waals surface area contributed by atoms with E-state index in [-0.39, 0.29) is 11.9 Å². The van der Waals surface area contributed by atoms with Gasteiger partial charge in [0, 0.05) is 12.6 Å². The number of hydrogen-bond acceptors (Lipinski definition) is 3. The lowest BCUT2D eigenvalue weighted by molar-refractivity contribution is 0.0685. The Kier molecular flexibility index (Phi) is 4.08. The number of nitrogens with one attached hydrogen (secondary N) is 1. The first-order valence-corrected chi connectivity index (χ1v) is 6.66. The Morgan fingerprint density at radius 3 is 2.50 bits per heavy atom. The molecule has 1 heterocycles. The minimum Gasteiger partial charge on any atom is -0.395 e.